The summed E-state index contributed by atoms with van der Waals surface area (Å²) in [5.41, 5.74) is 6.39. The largest absolute Gasteiger partial charge is 0.398 e. The fraction of sp³-hybridized carbons (Fsp3) is 0.182. The quantitative estimate of drug-likeness (QED) is 0.719. The van der Waals surface area contributed by atoms with Crippen molar-refractivity contribution in [3.05, 3.63) is 40.9 Å². The van der Waals surface area contributed by atoms with Crippen LogP contribution in [-0.4, -0.2) is 27.6 Å². The van der Waals surface area contributed by atoms with Gasteiger partial charge in [-0.2, -0.15) is 5.10 Å². The maximum Gasteiger partial charge on any atom is 0.252 e. The number of aromatic amines is 1. The summed E-state index contributed by atoms with van der Waals surface area (Å²) in [6.45, 7) is 0.444. The van der Waals surface area contributed by atoms with E-state index in [9.17, 15) is 4.79 Å². The summed E-state index contributed by atoms with van der Waals surface area (Å²) in [5.74, 6) is 0.459. The van der Waals surface area contributed by atoms with Gasteiger partial charge in [-0.25, -0.2) is 4.98 Å². The van der Waals surface area contributed by atoms with Gasteiger partial charge in [0, 0.05) is 13.0 Å². The molecule has 0 unspecified atom stereocenters. The summed E-state index contributed by atoms with van der Waals surface area (Å²) >= 11 is 5.95. The lowest BCUT2D eigenvalue weighted by Gasteiger charge is -2.07. The molecular weight excluding hydrogens is 254 g/mol. The lowest BCUT2D eigenvalue weighted by atomic mass is 10.2. The molecule has 0 radical (unpaired) electrons. The molecule has 18 heavy (non-hydrogen) atoms. The Bertz CT molecular complexity index is 540. The molecule has 0 bridgehead atoms. The standard InChI is InChI=1S/C11H12ClN5O/c12-10-7(2-1-3-8(10)13)11(18)14-5-4-9-15-6-16-17-9/h1-3,6H,4-5,13H2,(H,14,18)(H,15,16,17). The predicted octanol–water partition coefficient (Wildman–Crippen LogP) is 1.01. The molecule has 0 fully saturated rings. The first kappa shape index (κ1) is 12.4. The Hall–Kier alpha value is -2.08. The van der Waals surface area contributed by atoms with Crippen molar-refractivity contribution >= 4 is 23.2 Å². The van der Waals surface area contributed by atoms with Crippen LogP contribution in [0.25, 0.3) is 0 Å². The average molecular weight is 266 g/mol. The summed E-state index contributed by atoms with van der Waals surface area (Å²) in [4.78, 5) is 15.8. The highest BCUT2D eigenvalue weighted by Gasteiger charge is 2.11. The molecule has 1 aromatic heterocycles. The van der Waals surface area contributed by atoms with E-state index >= 15 is 0 Å². The molecule has 1 aromatic carbocycles. The molecule has 0 atom stereocenters. The van der Waals surface area contributed by atoms with Gasteiger partial charge in [0.2, 0.25) is 0 Å². The van der Waals surface area contributed by atoms with Gasteiger partial charge < -0.3 is 11.1 Å². The second kappa shape index (κ2) is 5.50. The Labute approximate surface area is 109 Å². The van der Waals surface area contributed by atoms with Crippen LogP contribution in [0.3, 0.4) is 0 Å². The Morgan fingerprint density at radius 2 is 2.33 bits per heavy atom. The highest BCUT2D eigenvalue weighted by Crippen LogP contribution is 2.22. The number of hydrogen-bond acceptors (Lipinski definition) is 4. The molecular formula is C11H12ClN5O. The van der Waals surface area contributed by atoms with E-state index in [1.165, 1.54) is 6.33 Å². The van der Waals surface area contributed by atoms with E-state index in [0.717, 1.165) is 0 Å². The monoisotopic (exact) mass is 265 g/mol. The van der Waals surface area contributed by atoms with Crippen molar-refractivity contribution in [2.75, 3.05) is 12.3 Å². The Morgan fingerprint density at radius 1 is 1.50 bits per heavy atom. The van der Waals surface area contributed by atoms with Gasteiger partial charge in [0.25, 0.3) is 5.91 Å². The number of nitrogens with zero attached hydrogens (tertiary/aromatic N) is 2. The smallest absolute Gasteiger partial charge is 0.252 e. The number of carbonyl (C=O) groups is 1. The maximum absolute atomic E-state index is 11.8. The van der Waals surface area contributed by atoms with Gasteiger partial charge in [0.15, 0.2) is 0 Å². The van der Waals surface area contributed by atoms with Crippen molar-refractivity contribution in [1.29, 1.82) is 0 Å². The van der Waals surface area contributed by atoms with E-state index in [2.05, 4.69) is 20.5 Å². The van der Waals surface area contributed by atoms with Crippen molar-refractivity contribution in [3.8, 4) is 0 Å². The molecule has 1 amide bonds. The first-order valence-corrected chi connectivity index (χ1v) is 5.72. The molecule has 1 heterocycles. The number of amides is 1. The van der Waals surface area contributed by atoms with E-state index in [0.29, 0.717) is 30.0 Å². The lowest BCUT2D eigenvalue weighted by Crippen LogP contribution is -2.26. The minimum absolute atomic E-state index is 0.258. The third-order valence-electron chi connectivity index (χ3n) is 2.39. The third kappa shape index (κ3) is 2.78. The number of anilines is 1. The summed E-state index contributed by atoms with van der Waals surface area (Å²) in [5, 5.41) is 9.44. The summed E-state index contributed by atoms with van der Waals surface area (Å²) < 4.78 is 0. The average Bonchev–Trinajstić information content (AvgIpc) is 2.85. The van der Waals surface area contributed by atoms with Crippen LogP contribution >= 0.6 is 11.6 Å². The number of rotatable bonds is 4. The number of H-pyrrole nitrogens is 1. The number of halogens is 1. The van der Waals surface area contributed by atoms with Gasteiger partial charge in [-0.1, -0.05) is 17.7 Å². The third-order valence-corrected chi connectivity index (χ3v) is 2.81. The van der Waals surface area contributed by atoms with Crippen molar-refractivity contribution in [3.63, 3.8) is 0 Å². The van der Waals surface area contributed by atoms with Gasteiger partial charge in [0.1, 0.15) is 12.2 Å². The molecule has 0 spiro atoms. The van der Waals surface area contributed by atoms with Gasteiger partial charge in [-0.05, 0) is 12.1 Å². The number of nitrogen functional groups attached to an aromatic ring is 1. The molecule has 7 heteroatoms. The lowest BCUT2D eigenvalue weighted by molar-refractivity contribution is 0.0954. The van der Waals surface area contributed by atoms with Crippen LogP contribution in [0.1, 0.15) is 16.2 Å². The molecule has 6 nitrogen and oxygen atoms in total. The number of aromatic nitrogens is 3. The fourth-order valence-electron chi connectivity index (χ4n) is 1.47. The van der Waals surface area contributed by atoms with Crippen LogP contribution in [0.5, 0.6) is 0 Å². The SMILES string of the molecule is Nc1cccc(C(=O)NCCc2ncn[nH]2)c1Cl. The van der Waals surface area contributed by atoms with Gasteiger partial charge >= 0.3 is 0 Å². The zero-order chi connectivity index (χ0) is 13.0. The van der Waals surface area contributed by atoms with E-state index in [-0.39, 0.29) is 10.9 Å². The summed E-state index contributed by atoms with van der Waals surface area (Å²) in [7, 11) is 0. The number of nitrogens with two attached hydrogens (primary N) is 1. The molecule has 0 aliphatic rings. The number of hydrogen-bond donors (Lipinski definition) is 3. The maximum atomic E-state index is 11.8. The van der Waals surface area contributed by atoms with E-state index in [1.807, 2.05) is 0 Å². The zero-order valence-electron chi connectivity index (χ0n) is 9.48. The number of nitrogens with one attached hydrogen (secondary N) is 2. The van der Waals surface area contributed by atoms with Crippen LogP contribution in [0, 0.1) is 0 Å². The van der Waals surface area contributed by atoms with Crippen LogP contribution in [0.15, 0.2) is 24.5 Å². The van der Waals surface area contributed by atoms with Crippen molar-refractivity contribution in [2.24, 2.45) is 0 Å². The normalized spacial score (nSPS) is 10.3. The summed E-state index contributed by atoms with van der Waals surface area (Å²) in [6.07, 6.45) is 2.00. The minimum atomic E-state index is -0.258. The molecule has 0 saturated carbocycles. The second-order valence-electron chi connectivity index (χ2n) is 3.65. The number of benzene rings is 1. The van der Waals surface area contributed by atoms with Crippen LogP contribution < -0.4 is 11.1 Å². The minimum Gasteiger partial charge on any atom is -0.398 e. The van der Waals surface area contributed by atoms with Crippen LogP contribution in [0.4, 0.5) is 5.69 Å². The molecule has 0 aliphatic carbocycles. The van der Waals surface area contributed by atoms with E-state index in [4.69, 9.17) is 17.3 Å². The van der Waals surface area contributed by atoms with Gasteiger partial charge in [0.05, 0.1) is 16.3 Å². The summed E-state index contributed by atoms with van der Waals surface area (Å²) in [6, 6.07) is 4.96. The number of carbonyl (C=O) groups excluding carboxylic acids is 1. The van der Waals surface area contributed by atoms with Gasteiger partial charge in [-0.15, -0.1) is 0 Å². The predicted molar refractivity (Wildman–Crippen MR) is 68.3 cm³/mol. The molecule has 94 valence electrons. The first-order chi connectivity index (χ1) is 8.68. The van der Waals surface area contributed by atoms with E-state index < -0.39 is 0 Å². The second-order valence-corrected chi connectivity index (χ2v) is 4.02. The molecule has 0 saturated heterocycles. The first-order valence-electron chi connectivity index (χ1n) is 5.35. The molecule has 4 N–H and O–H groups in total. The van der Waals surface area contributed by atoms with E-state index in [1.54, 1.807) is 18.2 Å². The van der Waals surface area contributed by atoms with Gasteiger partial charge in [-0.3, -0.25) is 9.89 Å². The zero-order valence-corrected chi connectivity index (χ0v) is 10.2. The van der Waals surface area contributed by atoms with Crippen LogP contribution in [0.2, 0.25) is 5.02 Å². The topological polar surface area (TPSA) is 96.7 Å². The Morgan fingerprint density at radius 3 is 3.06 bits per heavy atom. The van der Waals surface area contributed by atoms with Crippen LogP contribution in [-0.2, 0) is 6.42 Å². The highest BCUT2D eigenvalue weighted by molar-refractivity contribution is 6.36. The highest BCUT2D eigenvalue weighted by atomic mass is 35.5. The molecule has 0 aliphatic heterocycles. The molecule has 2 rings (SSSR count). The fourth-order valence-corrected chi connectivity index (χ4v) is 1.68. The van der Waals surface area contributed by atoms with Crippen molar-refractivity contribution < 1.29 is 4.79 Å². The van der Waals surface area contributed by atoms with Crippen molar-refractivity contribution in [2.45, 2.75) is 6.42 Å². The Balaban J connectivity index is 1.93. The van der Waals surface area contributed by atoms with Crippen molar-refractivity contribution in [1.82, 2.24) is 20.5 Å². The molecule has 2 aromatic rings. The Kier molecular flexibility index (Phi) is 3.78.